The van der Waals surface area contributed by atoms with Crippen LogP contribution in [-0.4, -0.2) is 36.0 Å². The number of benzene rings is 1. The Morgan fingerprint density at radius 3 is 2.38 bits per heavy atom. The van der Waals surface area contributed by atoms with Crippen LogP contribution in [0.15, 0.2) is 30.3 Å². The summed E-state index contributed by atoms with van der Waals surface area (Å²) in [7, 11) is 0. The average molecular weight is 287 g/mol. The van der Waals surface area contributed by atoms with E-state index in [0.29, 0.717) is 18.7 Å². The largest absolute Gasteiger partial charge is 0.444 e. The topological polar surface area (TPSA) is 46.6 Å². The third-order valence-corrected chi connectivity index (χ3v) is 3.28. The number of hydrogen-bond acceptors (Lipinski definition) is 3. The second kappa shape index (κ2) is 6.12. The summed E-state index contributed by atoms with van der Waals surface area (Å²) in [6.07, 6.45) is 3.40. The first-order valence-electron chi connectivity index (χ1n) is 7.11. The highest BCUT2D eigenvalue weighted by atomic mass is 16.6. The van der Waals surface area contributed by atoms with Crippen LogP contribution in [0.3, 0.4) is 0 Å². The summed E-state index contributed by atoms with van der Waals surface area (Å²) in [5, 5.41) is 0. The molecule has 1 aliphatic heterocycles. The minimum atomic E-state index is -0.467. The molecule has 1 aromatic carbocycles. The van der Waals surface area contributed by atoms with Gasteiger partial charge in [0.25, 0.3) is 0 Å². The monoisotopic (exact) mass is 287 g/mol. The maximum absolute atomic E-state index is 12.0. The quantitative estimate of drug-likeness (QED) is 0.782. The Morgan fingerprint density at radius 2 is 1.90 bits per heavy atom. The summed E-state index contributed by atoms with van der Waals surface area (Å²) in [5.74, 6) is 0. The summed E-state index contributed by atoms with van der Waals surface area (Å²) >= 11 is 0. The second-order valence-corrected chi connectivity index (χ2v) is 6.15. The lowest BCUT2D eigenvalue weighted by Crippen LogP contribution is -2.39. The fourth-order valence-corrected chi connectivity index (χ4v) is 2.20. The highest BCUT2D eigenvalue weighted by Gasteiger charge is 2.23. The standard InChI is InChI=1S/C17H21NO3/c1-17(2,3)21-16(20)18-10-8-15(9-11-18)14-6-4-13(12-19)5-7-14/h4-8,12H,9-11H2,1-3H3. The third kappa shape index (κ3) is 4.18. The van der Waals surface area contributed by atoms with E-state index in [4.69, 9.17) is 4.74 Å². The number of carbonyl (C=O) groups excluding carboxylic acids is 2. The summed E-state index contributed by atoms with van der Waals surface area (Å²) < 4.78 is 5.37. The van der Waals surface area contributed by atoms with Crippen LogP contribution in [0.4, 0.5) is 4.79 Å². The maximum Gasteiger partial charge on any atom is 0.410 e. The van der Waals surface area contributed by atoms with Gasteiger partial charge >= 0.3 is 6.09 Å². The highest BCUT2D eigenvalue weighted by molar-refractivity contribution is 5.77. The van der Waals surface area contributed by atoms with Gasteiger partial charge in [0.05, 0.1) is 0 Å². The van der Waals surface area contributed by atoms with E-state index in [9.17, 15) is 9.59 Å². The molecule has 0 aromatic heterocycles. The summed E-state index contributed by atoms with van der Waals surface area (Å²) in [4.78, 5) is 24.3. The van der Waals surface area contributed by atoms with Crippen molar-refractivity contribution in [3.05, 3.63) is 41.5 Å². The molecule has 0 saturated carbocycles. The normalized spacial score (nSPS) is 15.4. The molecular weight excluding hydrogens is 266 g/mol. The number of rotatable bonds is 2. The molecule has 0 aliphatic carbocycles. The van der Waals surface area contributed by atoms with Crippen molar-refractivity contribution in [2.24, 2.45) is 0 Å². The van der Waals surface area contributed by atoms with Crippen LogP contribution in [0.5, 0.6) is 0 Å². The van der Waals surface area contributed by atoms with Crippen molar-refractivity contribution in [1.82, 2.24) is 4.90 Å². The molecular formula is C17H21NO3. The minimum absolute atomic E-state index is 0.269. The molecule has 0 saturated heterocycles. The van der Waals surface area contributed by atoms with Crippen LogP contribution in [0, 0.1) is 0 Å². The van der Waals surface area contributed by atoms with E-state index in [1.54, 1.807) is 4.90 Å². The van der Waals surface area contributed by atoms with Gasteiger partial charge in [0.2, 0.25) is 0 Å². The zero-order valence-electron chi connectivity index (χ0n) is 12.8. The first kappa shape index (κ1) is 15.3. The highest BCUT2D eigenvalue weighted by Crippen LogP contribution is 2.23. The van der Waals surface area contributed by atoms with Crippen molar-refractivity contribution >= 4 is 18.0 Å². The molecule has 1 heterocycles. The van der Waals surface area contributed by atoms with Gasteiger partial charge in [-0.05, 0) is 38.3 Å². The number of amides is 1. The Kier molecular flexibility index (Phi) is 4.46. The fourth-order valence-electron chi connectivity index (χ4n) is 2.20. The predicted molar refractivity (Wildman–Crippen MR) is 82.2 cm³/mol. The van der Waals surface area contributed by atoms with Gasteiger partial charge in [-0.2, -0.15) is 0 Å². The predicted octanol–water partition coefficient (Wildman–Crippen LogP) is 3.52. The van der Waals surface area contributed by atoms with Crippen molar-refractivity contribution in [1.29, 1.82) is 0 Å². The van der Waals surface area contributed by atoms with Crippen molar-refractivity contribution in [3.63, 3.8) is 0 Å². The molecule has 1 aliphatic rings. The molecule has 0 spiro atoms. The zero-order valence-corrected chi connectivity index (χ0v) is 12.8. The van der Waals surface area contributed by atoms with E-state index in [-0.39, 0.29) is 6.09 Å². The minimum Gasteiger partial charge on any atom is -0.444 e. The Balaban J connectivity index is 2.01. The lowest BCUT2D eigenvalue weighted by Gasteiger charge is -2.29. The van der Waals surface area contributed by atoms with Crippen LogP contribution < -0.4 is 0 Å². The molecule has 1 aromatic rings. The number of carbonyl (C=O) groups is 2. The Hall–Kier alpha value is -2.10. The number of aldehydes is 1. The van der Waals surface area contributed by atoms with Gasteiger partial charge in [0.15, 0.2) is 0 Å². The fraction of sp³-hybridized carbons (Fsp3) is 0.412. The molecule has 112 valence electrons. The lowest BCUT2D eigenvalue weighted by atomic mass is 9.99. The molecule has 0 radical (unpaired) electrons. The molecule has 0 unspecified atom stereocenters. The number of nitrogens with zero attached hydrogens (tertiary/aromatic N) is 1. The van der Waals surface area contributed by atoms with E-state index in [1.807, 2.05) is 51.1 Å². The second-order valence-electron chi connectivity index (χ2n) is 6.15. The SMILES string of the molecule is CC(C)(C)OC(=O)N1CC=C(c2ccc(C=O)cc2)CC1. The van der Waals surface area contributed by atoms with Crippen LogP contribution >= 0.6 is 0 Å². The van der Waals surface area contributed by atoms with Crippen LogP contribution in [0.25, 0.3) is 5.57 Å². The van der Waals surface area contributed by atoms with Gasteiger partial charge < -0.3 is 9.64 Å². The third-order valence-electron chi connectivity index (χ3n) is 3.28. The van der Waals surface area contributed by atoms with E-state index >= 15 is 0 Å². The summed E-state index contributed by atoms with van der Waals surface area (Å²) in [6.45, 7) is 6.80. The van der Waals surface area contributed by atoms with Crippen LogP contribution in [0.1, 0.15) is 43.1 Å². The molecule has 0 N–H and O–H groups in total. The smallest absolute Gasteiger partial charge is 0.410 e. The van der Waals surface area contributed by atoms with Gasteiger partial charge in [-0.1, -0.05) is 30.3 Å². The van der Waals surface area contributed by atoms with Crippen LogP contribution in [0.2, 0.25) is 0 Å². The number of ether oxygens (including phenoxy) is 1. The van der Waals surface area contributed by atoms with Crippen LogP contribution in [-0.2, 0) is 4.74 Å². The Morgan fingerprint density at radius 1 is 1.24 bits per heavy atom. The van der Waals surface area contributed by atoms with Gasteiger partial charge in [-0.25, -0.2) is 4.79 Å². The molecule has 0 atom stereocenters. The lowest BCUT2D eigenvalue weighted by molar-refractivity contribution is 0.0270. The molecule has 0 fully saturated rings. The molecule has 4 heteroatoms. The van der Waals surface area contributed by atoms with Crippen molar-refractivity contribution < 1.29 is 14.3 Å². The summed E-state index contributed by atoms with van der Waals surface area (Å²) in [6, 6.07) is 7.50. The van der Waals surface area contributed by atoms with E-state index in [1.165, 1.54) is 5.57 Å². The van der Waals surface area contributed by atoms with Crippen molar-refractivity contribution in [3.8, 4) is 0 Å². The maximum atomic E-state index is 12.0. The molecule has 0 bridgehead atoms. The molecule has 1 amide bonds. The summed E-state index contributed by atoms with van der Waals surface area (Å²) in [5.41, 5.74) is 2.51. The van der Waals surface area contributed by atoms with Crippen molar-refractivity contribution in [2.45, 2.75) is 32.8 Å². The number of hydrogen-bond donors (Lipinski definition) is 0. The molecule has 4 nitrogen and oxygen atoms in total. The van der Waals surface area contributed by atoms with Crippen molar-refractivity contribution in [2.75, 3.05) is 13.1 Å². The van der Waals surface area contributed by atoms with E-state index < -0.39 is 5.60 Å². The van der Waals surface area contributed by atoms with E-state index in [0.717, 1.165) is 18.3 Å². The van der Waals surface area contributed by atoms with Gasteiger partial charge in [0, 0.05) is 18.7 Å². The van der Waals surface area contributed by atoms with E-state index in [2.05, 4.69) is 0 Å². The van der Waals surface area contributed by atoms with Gasteiger partial charge in [-0.15, -0.1) is 0 Å². The van der Waals surface area contributed by atoms with Gasteiger partial charge in [-0.3, -0.25) is 4.79 Å². The first-order chi connectivity index (χ1) is 9.89. The molecule has 21 heavy (non-hydrogen) atoms. The Labute approximate surface area is 125 Å². The Bertz CT molecular complexity index is 552. The first-order valence-corrected chi connectivity index (χ1v) is 7.11. The van der Waals surface area contributed by atoms with Gasteiger partial charge in [0.1, 0.15) is 11.9 Å². The molecule has 2 rings (SSSR count). The zero-order chi connectivity index (χ0) is 15.5. The average Bonchev–Trinajstić information content (AvgIpc) is 2.46.